The van der Waals surface area contributed by atoms with Gasteiger partial charge in [-0.3, -0.25) is 9.59 Å². The lowest BCUT2D eigenvalue weighted by Crippen LogP contribution is -2.36. The summed E-state index contributed by atoms with van der Waals surface area (Å²) in [6.45, 7) is 1.21. The Morgan fingerprint density at radius 1 is 0.935 bits per heavy atom. The van der Waals surface area contributed by atoms with Crippen molar-refractivity contribution in [3.63, 3.8) is 0 Å². The average Bonchev–Trinajstić information content (AvgIpc) is 2.78. The number of ketones is 1. The number of halogens is 2. The highest BCUT2D eigenvalue weighted by atomic mass is 35.5. The van der Waals surface area contributed by atoms with Gasteiger partial charge in [-0.25, -0.2) is 4.42 Å². The van der Waals surface area contributed by atoms with E-state index < -0.39 is 17.7 Å². The molecule has 0 fully saturated rings. The third kappa shape index (κ3) is 5.36. The SMILES string of the molecule is COc1ccc(N(Cl)C(=O)C(N=Nc2ccc(Cl)c(OC)c2OC)C(C)=O)cc1OC. The lowest BCUT2D eigenvalue weighted by Gasteiger charge is -2.18. The summed E-state index contributed by atoms with van der Waals surface area (Å²) < 4.78 is 21.6. The lowest BCUT2D eigenvalue weighted by atomic mass is 10.2. The molecular weight excluding hydrogens is 449 g/mol. The van der Waals surface area contributed by atoms with Crippen LogP contribution in [0.5, 0.6) is 23.0 Å². The van der Waals surface area contributed by atoms with Gasteiger partial charge in [0, 0.05) is 17.8 Å². The molecule has 0 aliphatic heterocycles. The fourth-order valence-corrected chi connectivity index (χ4v) is 3.02. The first kappa shape index (κ1) is 24.2. The molecule has 0 aliphatic carbocycles. The molecule has 0 saturated carbocycles. The summed E-state index contributed by atoms with van der Waals surface area (Å²) in [6, 6.07) is 6.16. The molecule has 0 radical (unpaired) electrons. The van der Waals surface area contributed by atoms with Crippen molar-refractivity contribution in [3.05, 3.63) is 35.4 Å². The van der Waals surface area contributed by atoms with Crippen LogP contribution in [0.4, 0.5) is 11.4 Å². The Bertz CT molecular complexity index is 999. The molecule has 0 aromatic heterocycles. The zero-order chi connectivity index (χ0) is 23.1. The first-order valence-electron chi connectivity index (χ1n) is 8.82. The molecule has 11 heteroatoms. The average molecular weight is 470 g/mol. The van der Waals surface area contributed by atoms with Gasteiger partial charge in [0.05, 0.1) is 39.1 Å². The Morgan fingerprint density at radius 3 is 2.13 bits per heavy atom. The molecule has 0 aliphatic rings. The van der Waals surface area contributed by atoms with Crippen LogP contribution in [-0.2, 0) is 9.59 Å². The van der Waals surface area contributed by atoms with Crippen molar-refractivity contribution in [1.29, 1.82) is 0 Å². The van der Waals surface area contributed by atoms with Crippen LogP contribution in [0.2, 0.25) is 5.02 Å². The highest BCUT2D eigenvalue weighted by molar-refractivity contribution is 6.39. The fraction of sp³-hybridized carbons (Fsp3) is 0.300. The van der Waals surface area contributed by atoms with Gasteiger partial charge in [0.2, 0.25) is 6.04 Å². The van der Waals surface area contributed by atoms with Crippen molar-refractivity contribution in [2.24, 2.45) is 10.2 Å². The van der Waals surface area contributed by atoms with Gasteiger partial charge in [-0.05, 0) is 31.2 Å². The summed E-state index contributed by atoms with van der Waals surface area (Å²) in [4.78, 5) is 25.0. The molecule has 0 N–H and O–H groups in total. The number of Topliss-reactive ketones (excluding diaryl/α,β-unsaturated/α-hetero) is 1. The second-order valence-corrected chi connectivity index (χ2v) is 6.77. The summed E-state index contributed by atoms with van der Waals surface area (Å²) in [7, 11) is 5.75. The van der Waals surface area contributed by atoms with Gasteiger partial charge in [0.1, 0.15) is 5.69 Å². The standard InChI is InChI=1S/C20H21Cl2N3O6/c1-11(26)17(24-23-14-8-7-13(21)18(30-4)19(14)31-5)20(27)25(22)12-6-9-15(28-2)16(10-12)29-3/h6-10,17H,1-5H3. The Kier molecular flexibility index (Phi) is 8.47. The number of hydrogen-bond donors (Lipinski definition) is 0. The predicted molar refractivity (Wildman–Crippen MR) is 116 cm³/mol. The normalized spacial score (nSPS) is 11.7. The van der Waals surface area contributed by atoms with Gasteiger partial charge < -0.3 is 18.9 Å². The van der Waals surface area contributed by atoms with Gasteiger partial charge in [-0.15, -0.1) is 0 Å². The fourth-order valence-electron chi connectivity index (χ4n) is 2.60. The Hall–Kier alpha value is -3.04. The largest absolute Gasteiger partial charge is 0.493 e. The van der Waals surface area contributed by atoms with Gasteiger partial charge in [0.15, 0.2) is 28.8 Å². The zero-order valence-corrected chi connectivity index (χ0v) is 19.0. The number of amides is 1. The molecule has 166 valence electrons. The molecule has 0 spiro atoms. The number of nitrogens with zero attached hydrogens (tertiary/aromatic N) is 3. The first-order chi connectivity index (χ1) is 14.8. The maximum absolute atomic E-state index is 12.9. The number of hydrogen-bond acceptors (Lipinski definition) is 8. The van der Waals surface area contributed by atoms with Crippen LogP contribution >= 0.6 is 23.4 Å². The summed E-state index contributed by atoms with van der Waals surface area (Å²) in [6.07, 6.45) is 0. The smallest absolute Gasteiger partial charge is 0.276 e. The van der Waals surface area contributed by atoms with Gasteiger partial charge in [-0.1, -0.05) is 11.6 Å². The van der Waals surface area contributed by atoms with E-state index in [0.717, 1.165) is 4.42 Å². The van der Waals surface area contributed by atoms with Crippen molar-refractivity contribution >= 4 is 46.4 Å². The van der Waals surface area contributed by atoms with Crippen molar-refractivity contribution in [3.8, 4) is 23.0 Å². The Labute approximate surface area is 189 Å². The van der Waals surface area contributed by atoms with E-state index in [1.807, 2.05) is 0 Å². The number of rotatable bonds is 9. The molecule has 31 heavy (non-hydrogen) atoms. The molecular formula is C20H21Cl2N3O6. The summed E-state index contributed by atoms with van der Waals surface area (Å²) in [5.41, 5.74) is 0.478. The molecule has 0 heterocycles. The summed E-state index contributed by atoms with van der Waals surface area (Å²) in [5.74, 6) is -0.0932. The van der Waals surface area contributed by atoms with E-state index in [1.165, 1.54) is 59.6 Å². The maximum atomic E-state index is 12.9. The van der Waals surface area contributed by atoms with Gasteiger partial charge in [0.25, 0.3) is 5.91 Å². The molecule has 2 aromatic carbocycles. The molecule has 0 saturated heterocycles. The second kappa shape index (κ2) is 10.8. The van der Waals surface area contributed by atoms with E-state index in [2.05, 4.69) is 10.2 Å². The van der Waals surface area contributed by atoms with Crippen LogP contribution in [0, 0.1) is 0 Å². The van der Waals surface area contributed by atoms with Gasteiger partial charge >= 0.3 is 0 Å². The van der Waals surface area contributed by atoms with E-state index in [4.69, 9.17) is 42.3 Å². The van der Waals surface area contributed by atoms with Gasteiger partial charge in [-0.2, -0.15) is 10.2 Å². The number of methoxy groups -OCH3 is 4. The van der Waals surface area contributed by atoms with Crippen LogP contribution in [0.15, 0.2) is 40.6 Å². The number of ether oxygens (including phenoxy) is 4. The first-order valence-corrected chi connectivity index (χ1v) is 9.54. The highest BCUT2D eigenvalue weighted by Gasteiger charge is 2.29. The predicted octanol–water partition coefficient (Wildman–Crippen LogP) is 4.60. The number of carbonyl (C=O) groups excluding carboxylic acids is 2. The monoisotopic (exact) mass is 469 g/mol. The number of azo groups is 1. The molecule has 2 rings (SSSR count). The number of anilines is 1. The minimum atomic E-state index is -1.49. The zero-order valence-electron chi connectivity index (χ0n) is 17.5. The van der Waals surface area contributed by atoms with Crippen LogP contribution in [0.25, 0.3) is 0 Å². The molecule has 9 nitrogen and oxygen atoms in total. The Balaban J connectivity index is 2.36. The molecule has 1 amide bonds. The van der Waals surface area contributed by atoms with Crippen molar-refractivity contribution in [2.45, 2.75) is 13.0 Å². The summed E-state index contributed by atoms with van der Waals surface area (Å²) >= 11 is 12.3. The van der Waals surface area contributed by atoms with Crippen LogP contribution in [0.1, 0.15) is 6.92 Å². The van der Waals surface area contributed by atoms with Crippen molar-refractivity contribution < 1.29 is 28.5 Å². The van der Waals surface area contributed by atoms with Crippen LogP contribution in [0.3, 0.4) is 0 Å². The van der Waals surface area contributed by atoms with Crippen LogP contribution < -0.4 is 23.4 Å². The molecule has 1 unspecified atom stereocenters. The Morgan fingerprint density at radius 2 is 1.58 bits per heavy atom. The van der Waals surface area contributed by atoms with E-state index >= 15 is 0 Å². The van der Waals surface area contributed by atoms with Crippen LogP contribution in [-0.4, -0.2) is 46.2 Å². The topological polar surface area (TPSA) is 99.0 Å². The second-order valence-electron chi connectivity index (χ2n) is 6.02. The number of benzene rings is 2. The van der Waals surface area contributed by atoms with E-state index in [0.29, 0.717) is 16.5 Å². The van der Waals surface area contributed by atoms with E-state index in [-0.39, 0.29) is 22.9 Å². The van der Waals surface area contributed by atoms with E-state index in [1.54, 1.807) is 6.07 Å². The minimum Gasteiger partial charge on any atom is -0.493 e. The lowest BCUT2D eigenvalue weighted by molar-refractivity contribution is -0.126. The molecule has 1 atom stereocenters. The summed E-state index contributed by atoms with van der Waals surface area (Å²) in [5, 5.41) is 8.20. The number of carbonyl (C=O) groups is 2. The molecule has 2 aromatic rings. The van der Waals surface area contributed by atoms with Crippen molar-refractivity contribution in [2.75, 3.05) is 32.9 Å². The highest BCUT2D eigenvalue weighted by Crippen LogP contribution is 2.42. The maximum Gasteiger partial charge on any atom is 0.276 e. The third-order valence-electron chi connectivity index (χ3n) is 4.14. The molecule has 0 bridgehead atoms. The minimum absolute atomic E-state index is 0.205. The van der Waals surface area contributed by atoms with Crippen molar-refractivity contribution in [1.82, 2.24) is 0 Å². The van der Waals surface area contributed by atoms with E-state index in [9.17, 15) is 9.59 Å². The third-order valence-corrected chi connectivity index (χ3v) is 4.80. The quantitative estimate of drug-likeness (QED) is 0.302.